The number of ether oxygens (including phenoxy) is 1. The molecule has 6 heteroatoms. The lowest BCUT2D eigenvalue weighted by Gasteiger charge is -2.28. The minimum Gasteiger partial charge on any atom is -0.497 e. The lowest BCUT2D eigenvalue weighted by Crippen LogP contribution is -2.55. The number of hydrogen-bond donors (Lipinski definition) is 2. The molecule has 1 rings (SSSR count). The molecular formula is C9H14Cl2N2O2. The third-order valence-electron chi connectivity index (χ3n) is 1.92. The second-order valence-electron chi connectivity index (χ2n) is 3.07. The molecule has 0 saturated carbocycles. The molecule has 0 aromatic carbocycles. The Kier molecular flexibility index (Phi) is 5.72. The number of methoxy groups -OCH3 is 1. The molecule has 0 aromatic heterocycles. The molecule has 1 unspecified atom stereocenters. The predicted molar refractivity (Wildman–Crippen MR) is 61.9 cm³/mol. The molecule has 0 fully saturated rings. The molecule has 1 amide bonds. The molecule has 0 aromatic rings. The van der Waals surface area contributed by atoms with E-state index in [0.717, 1.165) is 5.76 Å². The topological polar surface area (TPSA) is 64.3 Å². The smallest absolute Gasteiger partial charge is 0.236 e. The Labute approximate surface area is 99.9 Å². The zero-order valence-corrected chi connectivity index (χ0v) is 9.90. The molecule has 0 heterocycles. The molecule has 0 bridgehead atoms. The fourth-order valence-corrected chi connectivity index (χ4v) is 1.24. The average molecular weight is 253 g/mol. The van der Waals surface area contributed by atoms with Crippen LogP contribution in [0.5, 0.6) is 0 Å². The number of carbonyl (C=O) groups is 1. The maximum absolute atomic E-state index is 11.0. The van der Waals surface area contributed by atoms with Gasteiger partial charge in [-0.3, -0.25) is 4.79 Å². The number of amides is 1. The van der Waals surface area contributed by atoms with E-state index in [2.05, 4.69) is 5.32 Å². The van der Waals surface area contributed by atoms with Gasteiger partial charge in [-0.1, -0.05) is 0 Å². The van der Waals surface area contributed by atoms with Crippen molar-refractivity contribution in [3.05, 3.63) is 24.0 Å². The lowest BCUT2D eigenvalue weighted by molar-refractivity contribution is -0.120. The van der Waals surface area contributed by atoms with Crippen molar-refractivity contribution in [3.8, 4) is 0 Å². The van der Waals surface area contributed by atoms with E-state index in [9.17, 15) is 4.79 Å². The van der Waals surface area contributed by atoms with Gasteiger partial charge in [0.1, 0.15) is 17.3 Å². The normalized spacial score (nSPS) is 23.8. The zero-order chi connectivity index (χ0) is 10.6. The van der Waals surface area contributed by atoms with E-state index >= 15 is 0 Å². The van der Waals surface area contributed by atoms with Crippen LogP contribution < -0.4 is 11.1 Å². The Hall–Kier alpha value is -0.710. The van der Waals surface area contributed by atoms with Crippen molar-refractivity contribution < 1.29 is 9.53 Å². The van der Waals surface area contributed by atoms with Crippen LogP contribution in [0, 0.1) is 0 Å². The Bertz CT molecular complexity index is 292. The van der Waals surface area contributed by atoms with Crippen LogP contribution in [-0.4, -0.2) is 24.6 Å². The molecule has 3 N–H and O–H groups in total. The number of allylic oxidation sites excluding steroid dienone is 1. The van der Waals surface area contributed by atoms with Crippen LogP contribution in [0.2, 0.25) is 0 Å². The molecule has 0 radical (unpaired) electrons. The number of rotatable bonds is 3. The van der Waals surface area contributed by atoms with E-state index in [4.69, 9.17) is 22.1 Å². The van der Waals surface area contributed by atoms with Crippen LogP contribution in [0.4, 0.5) is 0 Å². The van der Waals surface area contributed by atoms with Gasteiger partial charge in [-0.05, 0) is 18.2 Å². The third-order valence-corrected chi connectivity index (χ3v) is 2.16. The molecule has 1 aliphatic rings. The van der Waals surface area contributed by atoms with Gasteiger partial charge in [0.15, 0.2) is 0 Å². The second-order valence-corrected chi connectivity index (χ2v) is 3.34. The minimum absolute atomic E-state index is 0. The van der Waals surface area contributed by atoms with Crippen LogP contribution in [0.1, 0.15) is 6.42 Å². The highest BCUT2D eigenvalue weighted by molar-refractivity contribution is 6.27. The molecular weight excluding hydrogens is 239 g/mol. The first-order valence-corrected chi connectivity index (χ1v) is 4.72. The standard InChI is InChI=1S/C9H13ClN2O2.ClH/c1-14-7-2-4-9(11,5-3-7)12-8(13)6-10;/h2-4H,5-6,11H2,1H3,(H,12,13);1H. The number of halogens is 2. The fourth-order valence-electron chi connectivity index (χ4n) is 1.17. The highest BCUT2D eigenvalue weighted by Crippen LogP contribution is 2.16. The van der Waals surface area contributed by atoms with Crippen molar-refractivity contribution in [2.75, 3.05) is 13.0 Å². The lowest BCUT2D eigenvalue weighted by atomic mass is 10.0. The zero-order valence-electron chi connectivity index (χ0n) is 8.33. The van der Waals surface area contributed by atoms with E-state index in [-0.39, 0.29) is 24.2 Å². The number of hydrogen-bond acceptors (Lipinski definition) is 3. The first-order valence-electron chi connectivity index (χ1n) is 4.19. The molecule has 0 aliphatic heterocycles. The second kappa shape index (κ2) is 6.00. The summed E-state index contributed by atoms with van der Waals surface area (Å²) in [5.74, 6) is 0.368. The van der Waals surface area contributed by atoms with Crippen molar-refractivity contribution in [2.45, 2.75) is 12.1 Å². The summed E-state index contributed by atoms with van der Waals surface area (Å²) in [6.07, 6.45) is 5.72. The van der Waals surface area contributed by atoms with E-state index in [1.165, 1.54) is 0 Å². The van der Waals surface area contributed by atoms with Gasteiger partial charge in [0, 0.05) is 6.42 Å². The molecule has 0 saturated heterocycles. The van der Waals surface area contributed by atoms with Gasteiger partial charge in [-0.15, -0.1) is 24.0 Å². The monoisotopic (exact) mass is 252 g/mol. The minimum atomic E-state index is -0.839. The molecule has 4 nitrogen and oxygen atoms in total. The third kappa shape index (κ3) is 4.11. The first kappa shape index (κ1) is 14.3. The highest BCUT2D eigenvalue weighted by atomic mass is 35.5. The van der Waals surface area contributed by atoms with Crippen molar-refractivity contribution >= 4 is 29.9 Å². The number of carbonyl (C=O) groups excluding carboxylic acids is 1. The maximum atomic E-state index is 11.0. The van der Waals surface area contributed by atoms with Gasteiger partial charge in [-0.2, -0.15) is 0 Å². The summed E-state index contributed by atoms with van der Waals surface area (Å²) in [7, 11) is 1.58. The number of nitrogens with one attached hydrogen (secondary N) is 1. The summed E-state index contributed by atoms with van der Waals surface area (Å²) in [4.78, 5) is 11.0. The van der Waals surface area contributed by atoms with E-state index in [0.29, 0.717) is 6.42 Å². The highest BCUT2D eigenvalue weighted by Gasteiger charge is 2.24. The summed E-state index contributed by atoms with van der Waals surface area (Å²) < 4.78 is 5.00. The molecule has 1 aliphatic carbocycles. The van der Waals surface area contributed by atoms with E-state index in [1.54, 1.807) is 19.3 Å². The maximum Gasteiger partial charge on any atom is 0.236 e. The molecule has 15 heavy (non-hydrogen) atoms. The molecule has 86 valence electrons. The van der Waals surface area contributed by atoms with Gasteiger partial charge in [0.25, 0.3) is 0 Å². The largest absolute Gasteiger partial charge is 0.497 e. The summed E-state index contributed by atoms with van der Waals surface area (Å²) in [6.45, 7) is 0. The van der Waals surface area contributed by atoms with Crippen LogP contribution in [-0.2, 0) is 9.53 Å². The predicted octanol–water partition coefficient (Wildman–Crippen LogP) is 0.908. The van der Waals surface area contributed by atoms with Crippen molar-refractivity contribution in [2.24, 2.45) is 5.73 Å². The molecule has 0 spiro atoms. The molecule has 1 atom stereocenters. The van der Waals surface area contributed by atoms with E-state index < -0.39 is 5.66 Å². The Morgan fingerprint density at radius 1 is 1.80 bits per heavy atom. The van der Waals surface area contributed by atoms with E-state index in [1.807, 2.05) is 6.08 Å². The Balaban J connectivity index is 0.00000196. The summed E-state index contributed by atoms with van der Waals surface area (Å²) in [6, 6.07) is 0. The number of nitrogens with two attached hydrogens (primary N) is 1. The van der Waals surface area contributed by atoms with Crippen LogP contribution in [0.25, 0.3) is 0 Å². The van der Waals surface area contributed by atoms with Crippen molar-refractivity contribution in [1.82, 2.24) is 5.32 Å². The summed E-state index contributed by atoms with van der Waals surface area (Å²) >= 11 is 5.36. The number of alkyl halides is 1. The quantitative estimate of drug-likeness (QED) is 0.580. The van der Waals surface area contributed by atoms with Crippen LogP contribution in [0.15, 0.2) is 24.0 Å². The Morgan fingerprint density at radius 3 is 2.87 bits per heavy atom. The fraction of sp³-hybridized carbons (Fsp3) is 0.444. The summed E-state index contributed by atoms with van der Waals surface area (Å²) in [5, 5.41) is 2.61. The average Bonchev–Trinajstić information content (AvgIpc) is 2.18. The van der Waals surface area contributed by atoms with Gasteiger partial charge >= 0.3 is 0 Å². The van der Waals surface area contributed by atoms with Gasteiger partial charge in [0.05, 0.1) is 7.11 Å². The van der Waals surface area contributed by atoms with Gasteiger partial charge < -0.3 is 15.8 Å². The van der Waals surface area contributed by atoms with Crippen molar-refractivity contribution in [3.63, 3.8) is 0 Å². The van der Waals surface area contributed by atoms with Crippen molar-refractivity contribution in [1.29, 1.82) is 0 Å². The summed E-state index contributed by atoms with van der Waals surface area (Å²) in [5.41, 5.74) is 5.04. The van der Waals surface area contributed by atoms with Crippen LogP contribution >= 0.6 is 24.0 Å². The SMILES string of the molecule is COC1=CCC(N)(NC(=O)CCl)C=C1.Cl. The van der Waals surface area contributed by atoms with Crippen LogP contribution in [0.3, 0.4) is 0 Å². The van der Waals surface area contributed by atoms with Gasteiger partial charge in [0.2, 0.25) is 5.91 Å². The Morgan fingerprint density at radius 2 is 2.47 bits per heavy atom. The first-order chi connectivity index (χ1) is 6.59. The van der Waals surface area contributed by atoms with Gasteiger partial charge in [-0.25, -0.2) is 0 Å².